The zero-order valence-electron chi connectivity index (χ0n) is 9.07. The van der Waals surface area contributed by atoms with E-state index in [4.69, 9.17) is 12.2 Å². The molecule has 0 atom stereocenters. The molecule has 18 heavy (non-hydrogen) atoms. The molecular weight excluding hydrogens is 273 g/mol. The van der Waals surface area contributed by atoms with Crippen LogP contribution in [0.3, 0.4) is 0 Å². The summed E-state index contributed by atoms with van der Waals surface area (Å²) >= 11 is 6.27. The Balaban J connectivity index is 2.17. The highest BCUT2D eigenvalue weighted by Gasteiger charge is 2.09. The van der Waals surface area contributed by atoms with Gasteiger partial charge in [0.05, 0.1) is 12.1 Å². The van der Waals surface area contributed by atoms with Crippen LogP contribution in [0.5, 0.6) is 0 Å². The maximum Gasteiger partial charge on any atom is 0.304 e. The average molecular weight is 281 g/mol. The molecule has 2 N–H and O–H groups in total. The Morgan fingerprint density at radius 1 is 1.39 bits per heavy atom. The van der Waals surface area contributed by atoms with Gasteiger partial charge in [0, 0.05) is 11.1 Å². The first kappa shape index (κ1) is 11.4. The molecule has 0 aliphatic carbocycles. The van der Waals surface area contributed by atoms with Gasteiger partial charge in [0.1, 0.15) is 11.3 Å². The normalized spacial score (nSPS) is 11.2. The van der Waals surface area contributed by atoms with Gasteiger partial charge in [-0.15, -0.1) is 0 Å². The minimum atomic E-state index is -0.337. The first-order chi connectivity index (χ1) is 8.65. The van der Waals surface area contributed by atoms with E-state index in [1.165, 1.54) is 6.07 Å². The number of benzene rings is 1. The number of nitrogens with one attached hydrogen (secondary N) is 2. The molecule has 0 aliphatic heterocycles. The molecule has 7 heteroatoms. The molecule has 4 nitrogen and oxygen atoms in total. The second kappa shape index (κ2) is 4.18. The summed E-state index contributed by atoms with van der Waals surface area (Å²) in [5.41, 5.74) is 1.83. The molecule has 0 saturated heterocycles. The number of thiazole rings is 1. The van der Waals surface area contributed by atoms with E-state index < -0.39 is 0 Å². The van der Waals surface area contributed by atoms with E-state index in [2.05, 4.69) is 9.97 Å². The highest BCUT2D eigenvalue weighted by atomic mass is 32.1. The molecule has 92 valence electrons. The lowest BCUT2D eigenvalue weighted by molar-refractivity contribution is 0.637. The largest absolute Gasteiger partial charge is 0.328 e. The smallest absolute Gasteiger partial charge is 0.304 e. The second-order valence-electron chi connectivity index (χ2n) is 3.82. The van der Waals surface area contributed by atoms with Gasteiger partial charge in [0.2, 0.25) is 0 Å². The van der Waals surface area contributed by atoms with Crippen molar-refractivity contribution in [2.75, 3.05) is 0 Å². The summed E-state index contributed by atoms with van der Waals surface area (Å²) in [6.45, 7) is 0.418. The molecular formula is C11H8FN3OS2. The minimum Gasteiger partial charge on any atom is -0.328 e. The Morgan fingerprint density at radius 3 is 2.94 bits per heavy atom. The monoisotopic (exact) mass is 281 g/mol. The predicted octanol–water partition coefficient (Wildman–Crippen LogP) is 2.64. The van der Waals surface area contributed by atoms with Gasteiger partial charge >= 0.3 is 4.87 Å². The molecule has 0 spiro atoms. The van der Waals surface area contributed by atoms with Crippen LogP contribution in [0, 0.1) is 10.6 Å². The first-order valence-corrected chi connectivity index (χ1v) is 6.47. The minimum absolute atomic E-state index is 0.109. The number of imidazole rings is 1. The number of aromatic amines is 2. The van der Waals surface area contributed by atoms with Crippen LogP contribution in [0.2, 0.25) is 0 Å². The van der Waals surface area contributed by atoms with E-state index >= 15 is 0 Å². The number of halogens is 1. The van der Waals surface area contributed by atoms with Crippen molar-refractivity contribution in [1.29, 1.82) is 0 Å². The van der Waals surface area contributed by atoms with Crippen LogP contribution in [-0.2, 0) is 6.54 Å². The highest BCUT2D eigenvalue weighted by molar-refractivity contribution is 7.71. The van der Waals surface area contributed by atoms with Gasteiger partial charge in [-0.3, -0.25) is 4.79 Å². The zero-order chi connectivity index (χ0) is 12.7. The molecule has 0 bridgehead atoms. The van der Waals surface area contributed by atoms with Crippen LogP contribution in [0.25, 0.3) is 11.0 Å². The molecule has 0 saturated carbocycles. The Kier molecular flexibility index (Phi) is 2.64. The Morgan fingerprint density at radius 2 is 2.22 bits per heavy atom. The maximum absolute atomic E-state index is 13.6. The van der Waals surface area contributed by atoms with Crippen LogP contribution in [0.4, 0.5) is 4.39 Å². The SMILES string of the molecule is O=c1[nH]c(Cn2c(=S)[nH]c3c(F)cccc32)cs1. The quantitative estimate of drug-likeness (QED) is 0.709. The number of aromatic nitrogens is 3. The number of H-pyrrole nitrogens is 2. The third-order valence-corrected chi connectivity index (χ3v) is 3.70. The molecule has 1 aromatic carbocycles. The zero-order valence-corrected chi connectivity index (χ0v) is 10.7. The average Bonchev–Trinajstić information content (AvgIpc) is 2.87. The van der Waals surface area contributed by atoms with Gasteiger partial charge in [-0.25, -0.2) is 4.39 Å². The van der Waals surface area contributed by atoms with Crippen molar-refractivity contribution in [2.45, 2.75) is 6.54 Å². The van der Waals surface area contributed by atoms with Crippen LogP contribution >= 0.6 is 23.6 Å². The third-order valence-electron chi connectivity index (χ3n) is 2.66. The lowest BCUT2D eigenvalue weighted by atomic mass is 10.3. The molecule has 0 fully saturated rings. The van der Waals surface area contributed by atoms with Gasteiger partial charge in [-0.2, -0.15) is 0 Å². The van der Waals surface area contributed by atoms with Gasteiger partial charge in [-0.05, 0) is 24.4 Å². The van der Waals surface area contributed by atoms with Gasteiger partial charge in [0.25, 0.3) is 0 Å². The fourth-order valence-corrected chi connectivity index (χ4v) is 2.70. The van der Waals surface area contributed by atoms with Gasteiger partial charge < -0.3 is 14.5 Å². The van der Waals surface area contributed by atoms with E-state index in [0.717, 1.165) is 17.0 Å². The van der Waals surface area contributed by atoms with Gasteiger partial charge in [-0.1, -0.05) is 17.4 Å². The number of fused-ring (bicyclic) bond motifs is 1. The molecule has 0 unspecified atom stereocenters. The second-order valence-corrected chi connectivity index (χ2v) is 5.05. The van der Waals surface area contributed by atoms with E-state index in [0.29, 0.717) is 22.3 Å². The molecule has 0 radical (unpaired) electrons. The number of nitrogens with zero attached hydrogens (tertiary/aromatic N) is 1. The van der Waals surface area contributed by atoms with Crippen molar-refractivity contribution in [3.8, 4) is 0 Å². The highest BCUT2D eigenvalue weighted by Crippen LogP contribution is 2.18. The number of hydrogen-bond donors (Lipinski definition) is 2. The molecule has 0 aliphatic rings. The first-order valence-electron chi connectivity index (χ1n) is 5.19. The summed E-state index contributed by atoms with van der Waals surface area (Å²) in [7, 11) is 0. The lowest BCUT2D eigenvalue weighted by Gasteiger charge is -2.01. The molecule has 0 amide bonds. The van der Waals surface area contributed by atoms with Crippen molar-refractivity contribution in [2.24, 2.45) is 0 Å². The van der Waals surface area contributed by atoms with Crippen molar-refractivity contribution in [1.82, 2.24) is 14.5 Å². The summed E-state index contributed by atoms with van der Waals surface area (Å²) in [6, 6.07) is 4.80. The predicted molar refractivity (Wildman–Crippen MR) is 71.1 cm³/mol. The number of hydrogen-bond acceptors (Lipinski definition) is 3. The Labute approximate surface area is 110 Å². The van der Waals surface area contributed by atoms with Crippen molar-refractivity contribution >= 4 is 34.6 Å². The van der Waals surface area contributed by atoms with Crippen LogP contribution in [-0.4, -0.2) is 14.5 Å². The van der Waals surface area contributed by atoms with E-state index in [1.54, 1.807) is 22.1 Å². The van der Waals surface area contributed by atoms with Crippen molar-refractivity contribution in [3.63, 3.8) is 0 Å². The van der Waals surface area contributed by atoms with Crippen LogP contribution in [0.1, 0.15) is 5.69 Å². The summed E-state index contributed by atoms with van der Waals surface area (Å²) in [5, 5.41) is 1.74. The lowest BCUT2D eigenvalue weighted by Crippen LogP contribution is -2.02. The molecule has 2 heterocycles. The van der Waals surface area contributed by atoms with E-state index in [-0.39, 0.29) is 10.7 Å². The third kappa shape index (κ3) is 1.81. The standard InChI is InChI=1S/C11H8FN3OS2/c12-7-2-1-3-8-9(7)14-10(17)15(8)4-6-5-18-11(16)13-6/h1-3,5H,4H2,(H,13,16)(H,14,17). The number of rotatable bonds is 2. The maximum atomic E-state index is 13.6. The Bertz CT molecular complexity index is 827. The van der Waals surface area contributed by atoms with Crippen LogP contribution in [0.15, 0.2) is 28.4 Å². The van der Waals surface area contributed by atoms with Gasteiger partial charge in [0.15, 0.2) is 4.77 Å². The number of para-hydroxylation sites is 1. The van der Waals surface area contributed by atoms with E-state index in [9.17, 15) is 9.18 Å². The Hall–Kier alpha value is -1.73. The summed E-state index contributed by atoms with van der Waals surface area (Å²) in [5.74, 6) is -0.337. The van der Waals surface area contributed by atoms with Crippen LogP contribution < -0.4 is 4.87 Å². The molecule has 3 aromatic rings. The van der Waals surface area contributed by atoms with E-state index in [1.807, 2.05) is 0 Å². The fourth-order valence-electron chi connectivity index (χ4n) is 1.86. The summed E-state index contributed by atoms with van der Waals surface area (Å²) in [6.07, 6.45) is 0. The topological polar surface area (TPSA) is 53.6 Å². The van der Waals surface area contributed by atoms with Crippen molar-refractivity contribution in [3.05, 3.63) is 49.5 Å². The summed E-state index contributed by atoms with van der Waals surface area (Å²) < 4.78 is 15.8. The molecule has 2 aromatic heterocycles. The summed E-state index contributed by atoms with van der Waals surface area (Å²) in [4.78, 5) is 16.5. The van der Waals surface area contributed by atoms with Crippen molar-refractivity contribution < 1.29 is 4.39 Å². The fraction of sp³-hybridized carbons (Fsp3) is 0.0909. The molecule has 3 rings (SSSR count).